The molecule has 6 nitrogen and oxygen atoms in total. The molecular weight excluding hydrogens is 306 g/mol. The van der Waals surface area contributed by atoms with E-state index in [1.807, 2.05) is 43.3 Å². The summed E-state index contributed by atoms with van der Waals surface area (Å²) in [4.78, 5) is 25.3. The van der Waals surface area contributed by atoms with E-state index in [2.05, 4.69) is 5.32 Å². The fourth-order valence-electron chi connectivity index (χ4n) is 3.00. The topological polar surface area (TPSA) is 95.7 Å². The molecule has 0 bridgehead atoms. The molecule has 1 aliphatic rings. The maximum atomic E-state index is 12.7. The van der Waals surface area contributed by atoms with Crippen molar-refractivity contribution in [1.29, 1.82) is 0 Å². The van der Waals surface area contributed by atoms with Crippen LogP contribution in [0, 0.1) is 6.92 Å². The lowest BCUT2D eigenvalue weighted by Gasteiger charge is -2.23. The van der Waals surface area contributed by atoms with Crippen molar-refractivity contribution < 1.29 is 14.7 Å². The molecule has 3 rings (SSSR count). The SMILES string of the molecule is Cc1cc2c(cc1NC(=O)O)CN(c1ccccc1)C(=O)C(N)C2. The monoisotopic (exact) mass is 325 g/mol. The zero-order chi connectivity index (χ0) is 17.3. The molecule has 0 fully saturated rings. The summed E-state index contributed by atoms with van der Waals surface area (Å²) < 4.78 is 0. The quantitative estimate of drug-likeness (QED) is 0.790. The number of carbonyl (C=O) groups excluding carboxylic acids is 1. The summed E-state index contributed by atoms with van der Waals surface area (Å²) in [6, 6.07) is 12.4. The van der Waals surface area contributed by atoms with Crippen molar-refractivity contribution in [2.75, 3.05) is 10.2 Å². The minimum atomic E-state index is -1.11. The molecular formula is C18H19N3O3. The Labute approximate surface area is 139 Å². The highest BCUT2D eigenvalue weighted by atomic mass is 16.4. The van der Waals surface area contributed by atoms with E-state index in [9.17, 15) is 9.59 Å². The highest BCUT2D eigenvalue weighted by Crippen LogP contribution is 2.28. The fourth-order valence-corrected chi connectivity index (χ4v) is 3.00. The van der Waals surface area contributed by atoms with Crippen LogP contribution in [0.2, 0.25) is 0 Å². The van der Waals surface area contributed by atoms with Crippen LogP contribution in [0.5, 0.6) is 0 Å². The van der Waals surface area contributed by atoms with E-state index >= 15 is 0 Å². The first kappa shape index (κ1) is 16.0. The Hall–Kier alpha value is -2.86. The molecule has 0 radical (unpaired) electrons. The molecule has 6 heteroatoms. The molecule has 2 amide bonds. The number of hydrogen-bond donors (Lipinski definition) is 3. The summed E-state index contributed by atoms with van der Waals surface area (Å²) in [5.74, 6) is -0.136. The van der Waals surface area contributed by atoms with E-state index < -0.39 is 12.1 Å². The Balaban J connectivity index is 2.04. The Bertz CT molecular complexity index is 790. The van der Waals surface area contributed by atoms with Crippen molar-refractivity contribution >= 4 is 23.4 Å². The molecule has 1 aliphatic heterocycles. The Morgan fingerprint density at radius 2 is 1.96 bits per heavy atom. The second-order valence-electron chi connectivity index (χ2n) is 5.94. The van der Waals surface area contributed by atoms with E-state index in [4.69, 9.17) is 10.8 Å². The van der Waals surface area contributed by atoms with Gasteiger partial charge in [-0.2, -0.15) is 0 Å². The van der Waals surface area contributed by atoms with Crippen LogP contribution in [-0.2, 0) is 17.8 Å². The molecule has 0 spiro atoms. The van der Waals surface area contributed by atoms with Crippen molar-refractivity contribution in [3.05, 3.63) is 59.2 Å². The molecule has 0 saturated carbocycles. The van der Waals surface area contributed by atoms with Crippen LogP contribution in [-0.4, -0.2) is 23.1 Å². The zero-order valence-corrected chi connectivity index (χ0v) is 13.3. The number of carbonyl (C=O) groups is 2. The Morgan fingerprint density at radius 1 is 1.25 bits per heavy atom. The predicted octanol–water partition coefficient (Wildman–Crippen LogP) is 2.50. The van der Waals surface area contributed by atoms with Crippen molar-refractivity contribution in [1.82, 2.24) is 0 Å². The van der Waals surface area contributed by atoms with Gasteiger partial charge >= 0.3 is 6.09 Å². The molecule has 24 heavy (non-hydrogen) atoms. The number of nitrogens with two attached hydrogens (primary N) is 1. The van der Waals surface area contributed by atoms with Crippen LogP contribution in [0.3, 0.4) is 0 Å². The summed E-state index contributed by atoms with van der Waals surface area (Å²) in [7, 11) is 0. The van der Waals surface area contributed by atoms with E-state index in [0.717, 1.165) is 22.4 Å². The molecule has 1 unspecified atom stereocenters. The van der Waals surface area contributed by atoms with Crippen LogP contribution in [0.25, 0.3) is 0 Å². The second kappa shape index (κ2) is 6.33. The van der Waals surface area contributed by atoms with Crippen LogP contribution in [0.4, 0.5) is 16.2 Å². The largest absolute Gasteiger partial charge is 0.465 e. The molecule has 2 aromatic carbocycles. The first-order chi connectivity index (χ1) is 11.5. The third kappa shape index (κ3) is 3.09. The van der Waals surface area contributed by atoms with Crippen LogP contribution >= 0.6 is 0 Å². The van der Waals surface area contributed by atoms with E-state index in [-0.39, 0.29) is 5.91 Å². The smallest absolute Gasteiger partial charge is 0.409 e. The number of hydrogen-bond acceptors (Lipinski definition) is 3. The first-order valence-corrected chi connectivity index (χ1v) is 7.70. The van der Waals surface area contributed by atoms with Gasteiger partial charge in [-0.25, -0.2) is 4.79 Å². The third-order valence-electron chi connectivity index (χ3n) is 4.21. The molecule has 0 aliphatic carbocycles. The first-order valence-electron chi connectivity index (χ1n) is 7.70. The molecule has 124 valence electrons. The summed E-state index contributed by atoms with van der Waals surface area (Å²) >= 11 is 0. The number of aryl methyl sites for hydroxylation is 1. The molecule has 1 atom stereocenters. The maximum absolute atomic E-state index is 12.7. The summed E-state index contributed by atoms with van der Waals surface area (Å²) in [5, 5.41) is 11.4. The second-order valence-corrected chi connectivity index (χ2v) is 5.94. The average molecular weight is 325 g/mol. The lowest BCUT2D eigenvalue weighted by molar-refractivity contribution is -0.119. The Kier molecular flexibility index (Phi) is 4.22. The number of nitrogens with one attached hydrogen (secondary N) is 1. The number of carboxylic acid groups (broad SMARTS) is 1. The van der Waals surface area contributed by atoms with Crippen LogP contribution in [0.1, 0.15) is 16.7 Å². The van der Waals surface area contributed by atoms with Gasteiger partial charge in [-0.3, -0.25) is 10.1 Å². The molecule has 2 aromatic rings. The molecule has 1 heterocycles. The van der Waals surface area contributed by atoms with Gasteiger partial charge in [0.2, 0.25) is 5.91 Å². The van der Waals surface area contributed by atoms with Gasteiger partial charge in [-0.15, -0.1) is 0 Å². The normalized spacial score (nSPS) is 17.2. The highest BCUT2D eigenvalue weighted by molar-refractivity contribution is 5.98. The summed E-state index contributed by atoms with van der Waals surface area (Å²) in [6.07, 6.45) is -0.675. The van der Waals surface area contributed by atoms with Gasteiger partial charge in [0.25, 0.3) is 0 Å². The van der Waals surface area contributed by atoms with Crippen molar-refractivity contribution in [3.8, 4) is 0 Å². The molecule has 0 aromatic heterocycles. The number of rotatable bonds is 2. The third-order valence-corrected chi connectivity index (χ3v) is 4.21. The lowest BCUT2D eigenvalue weighted by Crippen LogP contribution is -2.42. The van der Waals surface area contributed by atoms with Gasteiger partial charge in [0.15, 0.2) is 0 Å². The van der Waals surface area contributed by atoms with Crippen molar-refractivity contribution in [2.45, 2.75) is 25.9 Å². The number of benzene rings is 2. The van der Waals surface area contributed by atoms with Gasteiger partial charge in [-0.1, -0.05) is 24.3 Å². The fraction of sp³-hybridized carbons (Fsp3) is 0.222. The van der Waals surface area contributed by atoms with E-state index in [1.54, 1.807) is 11.0 Å². The van der Waals surface area contributed by atoms with Gasteiger partial charge in [0.1, 0.15) is 0 Å². The minimum absolute atomic E-state index is 0.136. The number of nitrogens with zero attached hydrogens (tertiary/aromatic N) is 1. The number of anilines is 2. The van der Waals surface area contributed by atoms with Gasteiger partial charge in [0.05, 0.1) is 12.6 Å². The highest BCUT2D eigenvalue weighted by Gasteiger charge is 2.28. The number of fused-ring (bicyclic) bond motifs is 1. The maximum Gasteiger partial charge on any atom is 0.409 e. The van der Waals surface area contributed by atoms with Crippen molar-refractivity contribution in [3.63, 3.8) is 0 Å². The van der Waals surface area contributed by atoms with Gasteiger partial charge < -0.3 is 15.7 Å². The number of para-hydroxylation sites is 1. The predicted molar refractivity (Wildman–Crippen MR) is 92.1 cm³/mol. The van der Waals surface area contributed by atoms with E-state index in [0.29, 0.717) is 18.7 Å². The molecule has 4 N–H and O–H groups in total. The average Bonchev–Trinajstić information content (AvgIpc) is 2.66. The Morgan fingerprint density at radius 3 is 2.62 bits per heavy atom. The minimum Gasteiger partial charge on any atom is -0.465 e. The number of amides is 2. The van der Waals surface area contributed by atoms with Crippen LogP contribution < -0.4 is 16.0 Å². The van der Waals surface area contributed by atoms with Gasteiger partial charge in [0, 0.05) is 11.4 Å². The zero-order valence-electron chi connectivity index (χ0n) is 13.3. The van der Waals surface area contributed by atoms with Crippen LogP contribution in [0.15, 0.2) is 42.5 Å². The van der Waals surface area contributed by atoms with Gasteiger partial charge in [-0.05, 0) is 48.2 Å². The lowest BCUT2D eigenvalue weighted by atomic mass is 9.98. The molecule has 0 saturated heterocycles. The van der Waals surface area contributed by atoms with E-state index in [1.165, 1.54) is 0 Å². The van der Waals surface area contributed by atoms with Crippen molar-refractivity contribution in [2.24, 2.45) is 5.73 Å². The standard InChI is InChI=1S/C18H19N3O3/c1-11-7-12-8-15(19)17(22)21(14-5-3-2-4-6-14)10-13(12)9-16(11)20-18(23)24/h2-7,9,15,20H,8,10,19H2,1H3,(H,23,24). The summed E-state index contributed by atoms with van der Waals surface area (Å²) in [6.45, 7) is 2.19. The summed E-state index contributed by atoms with van der Waals surface area (Å²) in [5.41, 5.74) is 10.1.